The van der Waals surface area contributed by atoms with Crippen LogP contribution in [0.3, 0.4) is 0 Å². The normalized spacial score (nSPS) is 16.6. The summed E-state index contributed by atoms with van der Waals surface area (Å²) in [4.78, 5) is 42.6. The van der Waals surface area contributed by atoms with Crippen molar-refractivity contribution in [3.8, 4) is 16.9 Å². The van der Waals surface area contributed by atoms with E-state index in [0.717, 1.165) is 89.4 Å². The van der Waals surface area contributed by atoms with Crippen LogP contribution in [0.15, 0.2) is 105 Å². The fourth-order valence-electron chi connectivity index (χ4n) is 9.01. The first-order valence-electron chi connectivity index (χ1n) is 23.1. The zero-order chi connectivity index (χ0) is 46.7. The van der Waals surface area contributed by atoms with E-state index in [-0.39, 0.29) is 34.0 Å². The highest BCUT2D eigenvalue weighted by Gasteiger charge is 2.40. The minimum Gasteiger partial charge on any atom is -0.506 e. The van der Waals surface area contributed by atoms with Crippen molar-refractivity contribution in [1.82, 2.24) is 20.2 Å². The van der Waals surface area contributed by atoms with Crippen LogP contribution in [0.25, 0.3) is 33.1 Å². The van der Waals surface area contributed by atoms with E-state index in [2.05, 4.69) is 82.4 Å². The number of aryl methyl sites for hydroxylation is 2. The maximum absolute atomic E-state index is 13.2. The third-order valence-electron chi connectivity index (χ3n) is 13.3. The topological polar surface area (TPSA) is 162 Å². The lowest BCUT2D eigenvalue weighted by Crippen LogP contribution is -2.49. The molecule has 0 aliphatic heterocycles. The van der Waals surface area contributed by atoms with E-state index in [4.69, 9.17) is 8.84 Å². The van der Waals surface area contributed by atoms with Crippen molar-refractivity contribution >= 4 is 42.1 Å². The van der Waals surface area contributed by atoms with Gasteiger partial charge in [-0.25, -0.2) is 9.59 Å². The van der Waals surface area contributed by atoms with E-state index < -0.39 is 20.2 Å². The highest BCUT2D eigenvalue weighted by molar-refractivity contribution is 6.74. The molecule has 2 aromatic heterocycles. The van der Waals surface area contributed by atoms with E-state index in [1.54, 1.807) is 21.6 Å². The van der Waals surface area contributed by atoms with E-state index in [1.165, 1.54) is 6.07 Å². The number of nitrogens with zero attached hydrogens (tertiary/aromatic N) is 2. The van der Waals surface area contributed by atoms with Gasteiger partial charge in [-0.05, 0) is 143 Å². The number of phenolic OH excluding ortho intramolecular Hbond substituents is 1. The van der Waals surface area contributed by atoms with Crippen LogP contribution >= 0.6 is 0 Å². The molecule has 5 N–H and O–H groups in total. The molecule has 4 aromatic carbocycles. The highest BCUT2D eigenvalue weighted by atomic mass is 28.4. The van der Waals surface area contributed by atoms with Gasteiger partial charge in [0.05, 0.1) is 22.8 Å². The summed E-state index contributed by atoms with van der Waals surface area (Å²) in [5.74, 6) is -0.383. The molecule has 65 heavy (non-hydrogen) atoms. The molecule has 1 saturated carbocycles. The molecule has 13 heteroatoms. The summed E-state index contributed by atoms with van der Waals surface area (Å²) in [6, 6.07) is 29.0. The average molecular weight is 902 g/mol. The van der Waals surface area contributed by atoms with Crippen LogP contribution in [0.2, 0.25) is 18.1 Å². The Morgan fingerprint density at radius 1 is 0.908 bits per heavy atom. The monoisotopic (exact) mass is 901 g/mol. The number of carboxylic acid groups (broad SMARTS) is 1. The molecule has 6 aromatic rings. The van der Waals surface area contributed by atoms with Crippen molar-refractivity contribution in [1.29, 1.82) is 0 Å². The summed E-state index contributed by atoms with van der Waals surface area (Å²) >= 11 is 0. The van der Waals surface area contributed by atoms with Crippen molar-refractivity contribution in [3.05, 3.63) is 129 Å². The van der Waals surface area contributed by atoms with Gasteiger partial charge in [-0.3, -0.25) is 14.3 Å². The van der Waals surface area contributed by atoms with Crippen molar-refractivity contribution in [2.45, 2.75) is 141 Å². The molecule has 1 aliphatic rings. The minimum atomic E-state index is -2.26. The molecule has 0 saturated heterocycles. The van der Waals surface area contributed by atoms with Gasteiger partial charge in [0.15, 0.2) is 13.9 Å². The number of anilines is 1. The molecule has 0 unspecified atom stereocenters. The number of H-pyrrole nitrogens is 1. The SMILES string of the molecule is CC(C)(C)N[C@H]1CC[C@H](N(C(=O)O)c2ccc(CCCCn3c(=O)oc4cc(CNC[C@H](O[Si](C)(C)C(C)(C)C)c5ccc(O)c6[nH]c(=O)ccc56)ccc43)cc2-c2ccccc2)CC1. The second kappa shape index (κ2) is 19.6. The Labute approximate surface area is 383 Å². The van der Waals surface area contributed by atoms with Gasteiger partial charge in [0.25, 0.3) is 0 Å². The number of fused-ring (bicyclic) bond motifs is 2. The predicted octanol–water partition coefficient (Wildman–Crippen LogP) is 10.9. The molecule has 0 radical (unpaired) electrons. The van der Waals surface area contributed by atoms with Crippen LogP contribution in [-0.2, 0) is 23.9 Å². The van der Waals surface area contributed by atoms with E-state index in [0.29, 0.717) is 36.8 Å². The van der Waals surface area contributed by atoms with E-state index in [1.807, 2.05) is 60.7 Å². The summed E-state index contributed by atoms with van der Waals surface area (Å²) in [5.41, 5.74) is 6.94. The molecule has 1 fully saturated rings. The lowest BCUT2D eigenvalue weighted by Gasteiger charge is -2.39. The molecule has 0 bridgehead atoms. The minimum absolute atomic E-state index is 0.00764. The number of pyridine rings is 1. The third kappa shape index (κ3) is 11.3. The van der Waals surface area contributed by atoms with Gasteiger partial charge in [-0.2, -0.15) is 0 Å². The zero-order valence-electron chi connectivity index (χ0n) is 39.3. The van der Waals surface area contributed by atoms with Crippen molar-refractivity contribution in [2.24, 2.45) is 0 Å². The molecule has 0 spiro atoms. The third-order valence-corrected chi connectivity index (χ3v) is 17.8. The summed E-state index contributed by atoms with van der Waals surface area (Å²) in [6.45, 7) is 19.0. The average Bonchev–Trinajstić information content (AvgIpc) is 3.56. The van der Waals surface area contributed by atoms with Crippen LogP contribution in [0, 0.1) is 0 Å². The number of aromatic hydroxyl groups is 1. The second-order valence-electron chi connectivity index (χ2n) is 20.3. The number of hydrogen-bond donors (Lipinski definition) is 5. The maximum Gasteiger partial charge on any atom is 0.419 e. The van der Waals surface area contributed by atoms with Crippen LogP contribution < -0.4 is 26.8 Å². The number of rotatable bonds is 16. The first-order valence-corrected chi connectivity index (χ1v) is 26.0. The number of aromatic nitrogens is 2. The van der Waals surface area contributed by atoms with Gasteiger partial charge in [0, 0.05) is 54.3 Å². The Balaban J connectivity index is 1.01. The first kappa shape index (κ1) is 47.5. The van der Waals surface area contributed by atoms with Crippen LogP contribution in [-0.4, -0.2) is 58.3 Å². The molecule has 7 rings (SSSR count). The van der Waals surface area contributed by atoms with Gasteiger partial charge >= 0.3 is 11.8 Å². The lowest BCUT2D eigenvalue weighted by atomic mass is 9.88. The largest absolute Gasteiger partial charge is 0.506 e. The zero-order valence-corrected chi connectivity index (χ0v) is 40.3. The molecule has 12 nitrogen and oxygen atoms in total. The fraction of sp³-hybridized carbons (Fsp3) is 0.442. The molecule has 1 aliphatic carbocycles. The van der Waals surface area contributed by atoms with Gasteiger partial charge in [-0.15, -0.1) is 0 Å². The number of amides is 1. The number of oxazole rings is 1. The Morgan fingerprint density at radius 2 is 1.63 bits per heavy atom. The Bertz CT molecular complexity index is 2720. The first-order chi connectivity index (χ1) is 30.8. The van der Waals surface area contributed by atoms with Gasteiger partial charge in [0.2, 0.25) is 5.56 Å². The molecular formula is C52H67N5O7Si. The number of nitrogens with one attached hydrogen (secondary N) is 3. The Morgan fingerprint density at radius 3 is 2.32 bits per heavy atom. The van der Waals surface area contributed by atoms with Crippen molar-refractivity contribution in [3.63, 3.8) is 0 Å². The van der Waals surface area contributed by atoms with E-state index in [9.17, 15) is 24.6 Å². The Hall–Kier alpha value is -5.47. The fourth-order valence-corrected chi connectivity index (χ4v) is 10.3. The van der Waals surface area contributed by atoms with Gasteiger partial charge in [0.1, 0.15) is 5.75 Å². The molecule has 2 heterocycles. The van der Waals surface area contributed by atoms with E-state index >= 15 is 0 Å². The Kier molecular flexibility index (Phi) is 14.3. The van der Waals surface area contributed by atoms with Crippen molar-refractivity contribution in [2.75, 3.05) is 11.4 Å². The number of hydrogen-bond acceptors (Lipinski definition) is 8. The van der Waals surface area contributed by atoms with Gasteiger partial charge < -0.3 is 34.7 Å². The molecule has 346 valence electrons. The standard InChI is InChI=1S/C52H67N5O7Si/c1-51(2,3)55-37-19-21-38(22-20-37)57(49(60)61)42-25-17-34(30-41(42)36-15-10-9-11-16-36)14-12-13-29-56-43-26-18-35(31-45(43)63-50(56)62)32-53-33-46(64-65(7,8)52(4,5)6)39-23-27-44(58)48-40(39)24-28-47(59)54-48/h9-11,15-18,23-28,30-31,37-38,46,53,55,58H,12-14,19-22,29,32-33H2,1-8H3,(H,54,59)(H,60,61)/t37-,38-,46-/m0/s1. The summed E-state index contributed by atoms with van der Waals surface area (Å²) in [5, 5.41) is 29.1. The smallest absolute Gasteiger partial charge is 0.419 e. The lowest BCUT2D eigenvalue weighted by molar-refractivity contribution is 0.181. The predicted molar refractivity (Wildman–Crippen MR) is 264 cm³/mol. The summed E-state index contributed by atoms with van der Waals surface area (Å²) < 4.78 is 14.4. The maximum atomic E-state index is 13.2. The quantitative estimate of drug-likeness (QED) is 0.0470. The summed E-state index contributed by atoms with van der Waals surface area (Å²) in [7, 11) is -2.26. The molecule has 1 atom stereocenters. The number of phenols is 1. The van der Waals surface area contributed by atoms with Crippen molar-refractivity contribution < 1.29 is 23.9 Å². The highest BCUT2D eigenvalue weighted by Crippen LogP contribution is 2.41. The number of benzene rings is 4. The second-order valence-corrected chi connectivity index (χ2v) is 25.1. The number of aromatic amines is 1. The summed E-state index contributed by atoms with van der Waals surface area (Å²) in [6.07, 6.45) is 4.52. The van der Waals surface area contributed by atoms with Gasteiger partial charge in [-0.1, -0.05) is 69.3 Å². The molecule has 1 amide bonds. The number of carbonyl (C=O) groups is 1. The van der Waals surface area contributed by atoms with Crippen LogP contribution in [0.1, 0.15) is 103 Å². The van der Waals surface area contributed by atoms with Crippen LogP contribution in [0.4, 0.5) is 10.5 Å². The number of unbranched alkanes of at least 4 members (excludes halogenated alkanes) is 1. The van der Waals surface area contributed by atoms with Crippen LogP contribution in [0.5, 0.6) is 5.75 Å². The molecular weight excluding hydrogens is 835 g/mol.